The van der Waals surface area contributed by atoms with Crippen molar-refractivity contribution in [1.29, 1.82) is 0 Å². The fraction of sp³-hybridized carbons (Fsp3) is 0. The first-order chi connectivity index (χ1) is 23.9. The molecule has 0 saturated heterocycles. The van der Waals surface area contributed by atoms with Crippen LogP contribution in [0.4, 0.5) is 5.69 Å². The minimum atomic E-state index is -0.509. The predicted octanol–water partition coefficient (Wildman–Crippen LogP) is 7.04. The molecule has 0 atom stereocenters. The maximum absolute atomic E-state index is 12.3. The summed E-state index contributed by atoms with van der Waals surface area (Å²) in [5.41, 5.74) is 0.509. The molecule has 0 spiro atoms. The van der Waals surface area contributed by atoms with Gasteiger partial charge in [0.15, 0.2) is 51.7 Å². The number of hydrogen-bond acceptors (Lipinski definition) is 13. The van der Waals surface area contributed by atoms with Gasteiger partial charge < -0.3 is 60.4 Å². The molecule has 5 aromatic carbocycles. The molecule has 6 aromatic rings. The molecule has 0 unspecified atom stereocenters. The molecule has 254 valence electrons. The number of carbonyl (C=O) groups excluding carboxylic acids is 1. The largest absolute Gasteiger partial charge is 0.504 e. The lowest BCUT2D eigenvalue weighted by atomic mass is 10.2. The summed E-state index contributed by atoms with van der Waals surface area (Å²) < 4.78 is 16.6. The van der Waals surface area contributed by atoms with Crippen molar-refractivity contribution in [2.75, 3.05) is 5.32 Å². The lowest BCUT2D eigenvalue weighted by molar-refractivity contribution is 0.102. The van der Waals surface area contributed by atoms with Gasteiger partial charge in [0.2, 0.25) is 11.8 Å². The van der Waals surface area contributed by atoms with Crippen molar-refractivity contribution >= 4 is 11.6 Å². The second-order valence-corrected chi connectivity index (χ2v) is 10.2. The van der Waals surface area contributed by atoms with Crippen LogP contribution in [-0.2, 0) is 0 Å². The average molecular weight is 681 g/mol. The van der Waals surface area contributed by atoms with Gasteiger partial charge in [-0.3, -0.25) is 4.79 Å². The van der Waals surface area contributed by atoms with Crippen LogP contribution >= 0.6 is 0 Å². The Morgan fingerprint density at radius 1 is 0.460 bits per heavy atom. The van der Waals surface area contributed by atoms with Gasteiger partial charge in [-0.2, -0.15) is 4.98 Å². The van der Waals surface area contributed by atoms with Crippen LogP contribution in [0.5, 0.6) is 80.8 Å². The number of carbonyl (C=O) groups is 1. The van der Waals surface area contributed by atoms with Gasteiger partial charge in [-0.15, -0.1) is 0 Å². The number of nitrogens with zero attached hydrogens (tertiary/aromatic N) is 1. The van der Waals surface area contributed by atoms with Crippen molar-refractivity contribution in [3.05, 3.63) is 121 Å². The molecule has 0 aliphatic rings. The first-order valence-corrected chi connectivity index (χ1v) is 14.4. The monoisotopic (exact) mass is 680 g/mol. The second kappa shape index (κ2) is 15.0. The normalized spacial score (nSPS) is 10.3. The number of phenols is 8. The van der Waals surface area contributed by atoms with Gasteiger partial charge in [0.25, 0.3) is 5.91 Å². The number of rotatable bonds is 8. The van der Waals surface area contributed by atoms with Crippen LogP contribution in [0.2, 0.25) is 0 Å². The molecule has 0 saturated carbocycles. The minimum absolute atomic E-state index is 0.150. The highest BCUT2D eigenvalue weighted by Gasteiger charge is 2.13. The van der Waals surface area contributed by atoms with Gasteiger partial charge in [-0.25, -0.2) is 0 Å². The Morgan fingerprint density at radius 3 is 1.38 bits per heavy atom. The fourth-order valence-corrected chi connectivity index (χ4v) is 4.10. The van der Waals surface area contributed by atoms with E-state index in [-0.39, 0.29) is 74.8 Å². The van der Waals surface area contributed by atoms with Crippen molar-refractivity contribution in [1.82, 2.24) is 4.98 Å². The lowest BCUT2D eigenvalue weighted by Crippen LogP contribution is -2.12. The molecule has 1 amide bonds. The van der Waals surface area contributed by atoms with Gasteiger partial charge >= 0.3 is 0 Å². The van der Waals surface area contributed by atoms with Crippen LogP contribution in [0.1, 0.15) is 10.4 Å². The van der Waals surface area contributed by atoms with E-state index in [2.05, 4.69) is 10.3 Å². The third-order valence-corrected chi connectivity index (χ3v) is 6.58. The number of phenolic OH excluding ortho intramolecular Hbond substituents is 8. The van der Waals surface area contributed by atoms with Gasteiger partial charge in [0.1, 0.15) is 17.2 Å². The Kier molecular flexibility index (Phi) is 10.1. The molecular weight excluding hydrogens is 652 g/mol. The van der Waals surface area contributed by atoms with Crippen LogP contribution in [0, 0.1) is 0 Å². The summed E-state index contributed by atoms with van der Waals surface area (Å²) in [4.78, 5) is 16.5. The van der Waals surface area contributed by atoms with Crippen molar-refractivity contribution in [3.63, 3.8) is 0 Å². The van der Waals surface area contributed by atoms with Crippen LogP contribution in [-0.4, -0.2) is 51.7 Å². The van der Waals surface area contributed by atoms with Gasteiger partial charge in [-0.1, -0.05) is 18.2 Å². The van der Waals surface area contributed by atoms with Gasteiger partial charge in [-0.05, 0) is 66.7 Å². The maximum atomic E-state index is 12.3. The van der Waals surface area contributed by atoms with Crippen molar-refractivity contribution < 1.29 is 59.9 Å². The first-order valence-electron chi connectivity index (χ1n) is 14.4. The summed E-state index contributed by atoms with van der Waals surface area (Å²) in [7, 11) is 0. The number of benzene rings is 5. The number of aromatic hydroxyl groups is 8. The summed E-state index contributed by atoms with van der Waals surface area (Å²) in [6.45, 7) is 0. The Bertz CT molecular complexity index is 2090. The Balaban J connectivity index is 0.000000195. The van der Waals surface area contributed by atoms with E-state index in [9.17, 15) is 45.6 Å². The van der Waals surface area contributed by atoms with Gasteiger partial charge in [0, 0.05) is 35.9 Å². The molecule has 0 radical (unpaired) electrons. The molecule has 6 rings (SSSR count). The number of amides is 1. The van der Waals surface area contributed by atoms with Gasteiger partial charge in [0.05, 0.1) is 5.69 Å². The zero-order chi connectivity index (χ0) is 35.8. The predicted molar refractivity (Wildman–Crippen MR) is 178 cm³/mol. The van der Waals surface area contributed by atoms with E-state index in [1.54, 1.807) is 42.5 Å². The van der Waals surface area contributed by atoms with Crippen LogP contribution in [0.15, 0.2) is 115 Å². The Labute approximate surface area is 283 Å². The van der Waals surface area contributed by atoms with Crippen LogP contribution in [0.25, 0.3) is 0 Å². The maximum Gasteiger partial charge on any atom is 0.255 e. The molecule has 0 fully saturated rings. The summed E-state index contributed by atoms with van der Waals surface area (Å²) >= 11 is 0. The van der Waals surface area contributed by atoms with E-state index < -0.39 is 11.7 Å². The Hall–Kier alpha value is -7.48. The summed E-state index contributed by atoms with van der Waals surface area (Å²) in [6, 6.07) is 27.2. The third kappa shape index (κ3) is 8.65. The van der Waals surface area contributed by atoms with Crippen molar-refractivity contribution in [2.24, 2.45) is 0 Å². The highest BCUT2D eigenvalue weighted by molar-refractivity contribution is 6.05. The smallest absolute Gasteiger partial charge is 0.255 e. The van der Waals surface area contributed by atoms with Crippen LogP contribution < -0.4 is 19.5 Å². The first kappa shape index (κ1) is 33.9. The summed E-state index contributed by atoms with van der Waals surface area (Å²) in [5.74, 6) is -1.37. The molecule has 50 heavy (non-hydrogen) atoms. The number of para-hydroxylation sites is 2. The molecule has 9 N–H and O–H groups in total. The quantitative estimate of drug-likeness (QED) is 0.0735. The molecular formula is C36H28N2O12. The molecule has 1 heterocycles. The molecule has 0 aliphatic heterocycles. The number of aromatic nitrogens is 1. The Morgan fingerprint density at radius 2 is 0.900 bits per heavy atom. The highest BCUT2D eigenvalue weighted by Crippen LogP contribution is 2.36. The van der Waals surface area contributed by atoms with Crippen molar-refractivity contribution in [3.8, 4) is 80.8 Å². The average Bonchev–Trinajstić information content (AvgIpc) is 3.09. The number of hydrogen-bond donors (Lipinski definition) is 9. The van der Waals surface area contributed by atoms with E-state index in [1.807, 2.05) is 0 Å². The zero-order valence-corrected chi connectivity index (χ0v) is 25.6. The second-order valence-electron chi connectivity index (χ2n) is 10.2. The number of anilines is 1. The molecule has 0 aliphatic carbocycles. The van der Waals surface area contributed by atoms with Crippen LogP contribution in [0.3, 0.4) is 0 Å². The van der Waals surface area contributed by atoms with E-state index in [0.717, 1.165) is 6.07 Å². The topological polar surface area (TPSA) is 232 Å². The van der Waals surface area contributed by atoms with E-state index >= 15 is 0 Å². The SMILES string of the molecule is O=C(Nc1ccccc1Oc1ccc(O)c(O)c1)c1ccc(O)c(O)c1.Oc1ccc(Oc2cccc(Oc3ccc(O)c(O)c3)n2)cc1O. The fourth-order valence-electron chi connectivity index (χ4n) is 4.10. The zero-order valence-electron chi connectivity index (χ0n) is 25.6. The number of ether oxygens (including phenoxy) is 3. The highest BCUT2D eigenvalue weighted by atomic mass is 16.5. The van der Waals surface area contributed by atoms with E-state index in [1.165, 1.54) is 66.7 Å². The number of nitrogens with one attached hydrogen (secondary N) is 1. The molecule has 14 heteroatoms. The van der Waals surface area contributed by atoms with E-state index in [4.69, 9.17) is 14.2 Å². The van der Waals surface area contributed by atoms with Crippen molar-refractivity contribution in [2.45, 2.75) is 0 Å². The minimum Gasteiger partial charge on any atom is -0.504 e. The summed E-state index contributed by atoms with van der Waals surface area (Å²) in [5, 5.41) is 77.9. The molecule has 1 aromatic heterocycles. The molecule has 0 bridgehead atoms. The molecule has 14 nitrogen and oxygen atoms in total. The third-order valence-electron chi connectivity index (χ3n) is 6.58. The lowest BCUT2D eigenvalue weighted by Gasteiger charge is -2.13. The van der Waals surface area contributed by atoms with E-state index in [0.29, 0.717) is 11.4 Å². The standard InChI is InChI=1S/C19H15NO6.C17H13NO6/c21-14-7-5-11(9-16(14)23)19(25)20-13-3-1-2-4-18(13)26-12-6-8-15(22)17(24)10-12;19-12-6-4-10(8-14(12)21)23-16-2-1-3-17(18-16)24-11-5-7-13(20)15(22)9-11/h1-10,21-24H,(H,20,25);1-9,19-22H. The summed E-state index contributed by atoms with van der Waals surface area (Å²) in [6.07, 6.45) is 0. The number of pyridine rings is 1.